The third-order valence-corrected chi connectivity index (χ3v) is 5.22. The van der Waals surface area contributed by atoms with Gasteiger partial charge in [-0.2, -0.15) is 23.5 Å². The Balaban J connectivity index is 0.00000162. The van der Waals surface area contributed by atoms with Crippen LogP contribution < -0.4 is 11.1 Å². The Kier molecular flexibility index (Phi) is 6.67. The van der Waals surface area contributed by atoms with Gasteiger partial charge in [0.25, 0.3) is 5.91 Å². The van der Waals surface area contributed by atoms with Crippen LogP contribution in [-0.4, -0.2) is 39.9 Å². The molecule has 0 aliphatic carbocycles. The first kappa shape index (κ1) is 15.5. The number of carbonyl (C=O) groups is 1. The largest absolute Gasteiger partial charge is 0.384 e. The molecule has 1 aliphatic rings. The summed E-state index contributed by atoms with van der Waals surface area (Å²) in [6, 6.07) is 5.08. The molecular weight excluding hydrogens is 290 g/mol. The monoisotopic (exact) mass is 305 g/mol. The average molecular weight is 306 g/mol. The van der Waals surface area contributed by atoms with Crippen molar-refractivity contribution in [1.29, 1.82) is 0 Å². The number of hydrogen-bond acceptors (Lipinski definition) is 5. The summed E-state index contributed by atoms with van der Waals surface area (Å²) < 4.78 is 0. The van der Waals surface area contributed by atoms with Crippen LogP contribution in [0.4, 0.5) is 5.82 Å². The third kappa shape index (κ3) is 4.59. The molecule has 0 spiro atoms. The molecule has 1 saturated heterocycles. The number of nitrogens with two attached hydrogens (primary N) is 1. The van der Waals surface area contributed by atoms with Gasteiger partial charge in [0.15, 0.2) is 0 Å². The number of nitrogen functional groups attached to an aromatic ring is 1. The number of pyridine rings is 1. The summed E-state index contributed by atoms with van der Waals surface area (Å²) in [5.41, 5.74) is 5.92. The second-order valence-electron chi connectivity index (χ2n) is 3.73. The molecule has 3 N–H and O–H groups in total. The van der Waals surface area contributed by atoms with E-state index in [0.29, 0.717) is 23.3 Å². The van der Waals surface area contributed by atoms with Crippen molar-refractivity contribution in [3.8, 4) is 0 Å². The molecule has 1 aromatic heterocycles. The molecular formula is C11H16ClN3OS2. The van der Waals surface area contributed by atoms with E-state index in [4.69, 9.17) is 5.73 Å². The highest BCUT2D eigenvalue weighted by Crippen LogP contribution is 2.23. The number of amides is 1. The number of rotatable bonds is 3. The number of anilines is 1. The highest BCUT2D eigenvalue weighted by Gasteiger charge is 2.16. The summed E-state index contributed by atoms with van der Waals surface area (Å²) in [6.45, 7) is 0.701. The number of nitrogens with one attached hydrogen (secondary N) is 1. The van der Waals surface area contributed by atoms with Gasteiger partial charge in [-0.1, -0.05) is 6.07 Å². The van der Waals surface area contributed by atoms with Crippen molar-refractivity contribution in [2.24, 2.45) is 0 Å². The van der Waals surface area contributed by atoms with Crippen LogP contribution in [0, 0.1) is 0 Å². The minimum Gasteiger partial charge on any atom is -0.384 e. The van der Waals surface area contributed by atoms with Crippen molar-refractivity contribution in [1.82, 2.24) is 10.3 Å². The normalized spacial score (nSPS) is 18.8. The van der Waals surface area contributed by atoms with Crippen LogP contribution in [0.2, 0.25) is 0 Å². The Morgan fingerprint density at radius 3 is 3.00 bits per heavy atom. The first-order chi connectivity index (χ1) is 8.25. The van der Waals surface area contributed by atoms with E-state index in [1.807, 2.05) is 23.5 Å². The van der Waals surface area contributed by atoms with Crippen LogP contribution in [0.15, 0.2) is 18.2 Å². The predicted molar refractivity (Wildman–Crippen MR) is 81.8 cm³/mol. The van der Waals surface area contributed by atoms with Crippen molar-refractivity contribution in [3.05, 3.63) is 23.9 Å². The molecule has 0 bridgehead atoms. The fraction of sp³-hybridized carbons (Fsp3) is 0.455. The van der Waals surface area contributed by atoms with Gasteiger partial charge in [0.2, 0.25) is 0 Å². The zero-order valence-corrected chi connectivity index (χ0v) is 12.2. The molecule has 7 heteroatoms. The lowest BCUT2D eigenvalue weighted by Crippen LogP contribution is -2.33. The van der Waals surface area contributed by atoms with Gasteiger partial charge in [0.1, 0.15) is 11.5 Å². The Morgan fingerprint density at radius 1 is 1.50 bits per heavy atom. The third-order valence-electron chi connectivity index (χ3n) is 2.38. The highest BCUT2D eigenvalue weighted by molar-refractivity contribution is 8.06. The SMILES string of the molecule is Cl.Nc1cccc(C(=O)NCC2CSCCS2)n1. The number of nitrogens with zero attached hydrogens (tertiary/aromatic N) is 1. The lowest BCUT2D eigenvalue weighted by Gasteiger charge is -2.20. The topological polar surface area (TPSA) is 68.0 Å². The zero-order valence-electron chi connectivity index (χ0n) is 9.80. The van der Waals surface area contributed by atoms with Gasteiger partial charge in [0.05, 0.1) is 0 Å². The predicted octanol–water partition coefficient (Wildman–Crippen LogP) is 1.66. The highest BCUT2D eigenvalue weighted by atomic mass is 35.5. The van der Waals surface area contributed by atoms with E-state index in [1.165, 1.54) is 11.5 Å². The standard InChI is InChI=1S/C11H15N3OS2.ClH/c12-10-3-1-2-9(14-10)11(15)13-6-8-7-16-4-5-17-8;/h1-3,8H,4-7H2,(H2,12,14)(H,13,15);1H. The summed E-state index contributed by atoms with van der Waals surface area (Å²) in [5, 5.41) is 3.42. The summed E-state index contributed by atoms with van der Waals surface area (Å²) in [6.07, 6.45) is 0. The van der Waals surface area contributed by atoms with Crippen LogP contribution in [-0.2, 0) is 0 Å². The quantitative estimate of drug-likeness (QED) is 0.889. The minimum absolute atomic E-state index is 0. The molecule has 0 saturated carbocycles. The molecule has 4 nitrogen and oxygen atoms in total. The van der Waals surface area contributed by atoms with Crippen molar-refractivity contribution >= 4 is 47.7 Å². The van der Waals surface area contributed by atoms with Crippen molar-refractivity contribution in [3.63, 3.8) is 0 Å². The van der Waals surface area contributed by atoms with E-state index >= 15 is 0 Å². The van der Waals surface area contributed by atoms with Gasteiger partial charge in [-0.05, 0) is 12.1 Å². The first-order valence-corrected chi connectivity index (χ1v) is 7.66. The molecule has 1 atom stereocenters. The van der Waals surface area contributed by atoms with Crippen LogP contribution in [0.25, 0.3) is 0 Å². The maximum absolute atomic E-state index is 11.8. The summed E-state index contributed by atoms with van der Waals surface area (Å²) in [7, 11) is 0. The van der Waals surface area contributed by atoms with Crippen LogP contribution >= 0.6 is 35.9 Å². The fourth-order valence-corrected chi connectivity index (χ4v) is 4.14. The summed E-state index contributed by atoms with van der Waals surface area (Å²) in [4.78, 5) is 15.8. The molecule has 2 heterocycles. The second kappa shape index (κ2) is 7.76. The second-order valence-corrected chi connectivity index (χ2v) is 6.28. The smallest absolute Gasteiger partial charge is 0.270 e. The summed E-state index contributed by atoms with van der Waals surface area (Å²) >= 11 is 3.87. The van der Waals surface area contributed by atoms with E-state index in [1.54, 1.807) is 18.2 Å². The molecule has 18 heavy (non-hydrogen) atoms. The lowest BCUT2D eigenvalue weighted by atomic mass is 10.3. The fourth-order valence-electron chi connectivity index (χ4n) is 1.53. The molecule has 1 unspecified atom stereocenters. The van der Waals surface area contributed by atoms with E-state index in [9.17, 15) is 4.79 Å². The molecule has 0 aromatic carbocycles. The Hall–Kier alpha value is -0.590. The van der Waals surface area contributed by atoms with Crippen LogP contribution in [0.5, 0.6) is 0 Å². The van der Waals surface area contributed by atoms with E-state index in [0.717, 1.165) is 5.75 Å². The lowest BCUT2D eigenvalue weighted by molar-refractivity contribution is 0.0949. The van der Waals surface area contributed by atoms with Gasteiger partial charge in [-0.25, -0.2) is 4.98 Å². The Morgan fingerprint density at radius 2 is 2.33 bits per heavy atom. The average Bonchev–Trinajstić information content (AvgIpc) is 2.37. The van der Waals surface area contributed by atoms with E-state index in [-0.39, 0.29) is 18.3 Å². The van der Waals surface area contributed by atoms with Crippen molar-refractivity contribution in [2.75, 3.05) is 29.5 Å². The molecule has 1 aromatic rings. The number of hydrogen-bond donors (Lipinski definition) is 2. The van der Waals surface area contributed by atoms with Gasteiger partial charge in [-0.15, -0.1) is 12.4 Å². The molecule has 0 radical (unpaired) electrons. The molecule has 1 amide bonds. The molecule has 1 fully saturated rings. The minimum atomic E-state index is -0.145. The first-order valence-electron chi connectivity index (χ1n) is 5.46. The number of halogens is 1. The maximum atomic E-state index is 11.8. The number of thioether (sulfide) groups is 2. The van der Waals surface area contributed by atoms with Gasteiger partial charge in [0, 0.05) is 29.1 Å². The van der Waals surface area contributed by atoms with E-state index < -0.39 is 0 Å². The Bertz CT molecular complexity index is 400. The van der Waals surface area contributed by atoms with Crippen LogP contribution in [0.1, 0.15) is 10.5 Å². The van der Waals surface area contributed by atoms with Gasteiger partial charge < -0.3 is 11.1 Å². The van der Waals surface area contributed by atoms with E-state index in [2.05, 4.69) is 10.3 Å². The Labute approximate surface area is 121 Å². The van der Waals surface area contributed by atoms with Gasteiger partial charge in [-0.3, -0.25) is 4.79 Å². The molecule has 1 aliphatic heterocycles. The van der Waals surface area contributed by atoms with Crippen molar-refractivity contribution < 1.29 is 4.79 Å². The van der Waals surface area contributed by atoms with Gasteiger partial charge >= 0.3 is 0 Å². The number of aromatic nitrogens is 1. The summed E-state index contributed by atoms with van der Waals surface area (Å²) in [5.74, 6) is 3.72. The molecule has 100 valence electrons. The molecule has 2 rings (SSSR count). The zero-order chi connectivity index (χ0) is 12.1. The number of carbonyl (C=O) groups excluding carboxylic acids is 1. The van der Waals surface area contributed by atoms with Crippen LogP contribution in [0.3, 0.4) is 0 Å². The maximum Gasteiger partial charge on any atom is 0.270 e. The van der Waals surface area contributed by atoms with Crippen molar-refractivity contribution in [2.45, 2.75) is 5.25 Å².